The van der Waals surface area contributed by atoms with Crippen LogP contribution in [-0.2, 0) is 0 Å². The number of anilines is 3. The van der Waals surface area contributed by atoms with Crippen molar-refractivity contribution in [3.8, 4) is 0 Å². The molecule has 0 amide bonds. The average Bonchev–Trinajstić information content (AvgIpc) is 3.72. The quantitative estimate of drug-likeness (QED) is 0.334. The normalized spacial score (nSPS) is 22.0. The van der Waals surface area contributed by atoms with E-state index in [1.807, 2.05) is 6.92 Å². The fourth-order valence-corrected chi connectivity index (χ4v) is 4.97. The Balaban J connectivity index is 0.000000141. The van der Waals surface area contributed by atoms with Crippen molar-refractivity contribution in [3.63, 3.8) is 0 Å². The van der Waals surface area contributed by atoms with Crippen LogP contribution in [0.4, 0.5) is 17.5 Å². The Hall–Kier alpha value is -2.15. The van der Waals surface area contributed by atoms with Crippen molar-refractivity contribution in [2.45, 2.75) is 127 Å². The second-order valence-corrected chi connectivity index (χ2v) is 12.0. The molecule has 5 aliphatic rings. The van der Waals surface area contributed by atoms with Crippen molar-refractivity contribution < 1.29 is 0 Å². The zero-order chi connectivity index (χ0) is 24.6. The average molecular weight is 510 g/mol. The standard InChI is InChI=1S/C17H26N4.C11H14ClN3/c1-11-15(18-13-5-3-2-4-6-13)20-17(12-7-8-12)21-16(11)19-14-9-10-14;1-6-9(12)14-11(7-2-3-7)15-10(6)13-8-4-5-8/h12-14H,2-10H2,1H3,(H2,18,19,20,21);7-8H,2-5H2,1H3,(H,13,14,15). The number of nitrogens with zero attached hydrogens (tertiary/aromatic N) is 4. The molecule has 2 aromatic heterocycles. The lowest BCUT2D eigenvalue weighted by molar-refractivity contribution is 0.461. The molecule has 0 radical (unpaired) electrons. The second kappa shape index (κ2) is 10.3. The van der Waals surface area contributed by atoms with Crippen LogP contribution in [0.25, 0.3) is 0 Å². The maximum absolute atomic E-state index is 6.10. The highest BCUT2D eigenvalue weighted by atomic mass is 35.5. The minimum atomic E-state index is 0.558. The molecule has 0 spiro atoms. The molecule has 7 rings (SSSR count). The predicted molar refractivity (Wildman–Crippen MR) is 146 cm³/mol. The third-order valence-corrected chi connectivity index (χ3v) is 8.30. The Kier molecular flexibility index (Phi) is 6.93. The summed E-state index contributed by atoms with van der Waals surface area (Å²) < 4.78 is 0. The molecule has 194 valence electrons. The van der Waals surface area contributed by atoms with Gasteiger partial charge >= 0.3 is 0 Å². The third-order valence-electron chi connectivity index (χ3n) is 7.93. The first-order valence-electron chi connectivity index (χ1n) is 14.3. The van der Waals surface area contributed by atoms with E-state index in [1.165, 1.54) is 89.0 Å². The summed E-state index contributed by atoms with van der Waals surface area (Å²) in [6, 6.07) is 1.86. The van der Waals surface area contributed by atoms with Crippen LogP contribution < -0.4 is 16.0 Å². The van der Waals surface area contributed by atoms with Gasteiger partial charge in [-0.1, -0.05) is 30.9 Å². The highest BCUT2D eigenvalue weighted by Crippen LogP contribution is 2.41. The molecule has 0 unspecified atom stereocenters. The first-order valence-corrected chi connectivity index (χ1v) is 14.6. The molecule has 5 aliphatic carbocycles. The van der Waals surface area contributed by atoms with Gasteiger partial charge in [0.15, 0.2) is 0 Å². The van der Waals surface area contributed by atoms with Crippen molar-refractivity contribution in [2.24, 2.45) is 0 Å². The smallest absolute Gasteiger partial charge is 0.137 e. The highest BCUT2D eigenvalue weighted by molar-refractivity contribution is 6.30. The molecule has 0 aliphatic heterocycles. The molecule has 2 aromatic rings. The molecular formula is C28H40ClN7. The number of rotatable bonds is 8. The number of hydrogen-bond donors (Lipinski definition) is 3. The van der Waals surface area contributed by atoms with E-state index in [-0.39, 0.29) is 0 Å². The van der Waals surface area contributed by atoms with Crippen LogP contribution in [0.15, 0.2) is 0 Å². The minimum absolute atomic E-state index is 0.558. The van der Waals surface area contributed by atoms with Crippen LogP contribution in [0.1, 0.15) is 118 Å². The van der Waals surface area contributed by atoms with Gasteiger partial charge in [0.05, 0.1) is 0 Å². The van der Waals surface area contributed by atoms with Crippen LogP contribution in [0.3, 0.4) is 0 Å². The topological polar surface area (TPSA) is 87.7 Å². The van der Waals surface area contributed by atoms with Crippen molar-refractivity contribution in [2.75, 3.05) is 16.0 Å². The zero-order valence-electron chi connectivity index (χ0n) is 21.7. The van der Waals surface area contributed by atoms with Crippen molar-refractivity contribution in [3.05, 3.63) is 27.9 Å². The lowest BCUT2D eigenvalue weighted by Gasteiger charge is -2.25. The van der Waals surface area contributed by atoms with Gasteiger partial charge in [0.1, 0.15) is 34.3 Å². The Morgan fingerprint density at radius 2 is 0.944 bits per heavy atom. The zero-order valence-corrected chi connectivity index (χ0v) is 22.5. The first kappa shape index (κ1) is 24.2. The fraction of sp³-hybridized carbons (Fsp3) is 0.714. The van der Waals surface area contributed by atoms with Crippen LogP contribution in [-0.4, -0.2) is 38.1 Å². The molecule has 0 aromatic carbocycles. The van der Waals surface area contributed by atoms with Crippen LogP contribution in [0.2, 0.25) is 5.15 Å². The Morgan fingerprint density at radius 3 is 1.39 bits per heavy atom. The number of hydrogen-bond acceptors (Lipinski definition) is 7. The summed E-state index contributed by atoms with van der Waals surface area (Å²) in [4.78, 5) is 18.6. The SMILES string of the molecule is Cc1c(Cl)nc(C2CC2)nc1NC1CC1.Cc1c(NC2CCCCC2)nc(C2CC2)nc1NC1CC1. The second-order valence-electron chi connectivity index (χ2n) is 11.6. The van der Waals surface area contributed by atoms with Gasteiger partial charge in [0.2, 0.25) is 0 Å². The predicted octanol–water partition coefficient (Wildman–Crippen LogP) is 6.87. The molecule has 0 atom stereocenters. The molecule has 2 heterocycles. The summed E-state index contributed by atoms with van der Waals surface area (Å²) in [5, 5.41) is 11.3. The van der Waals surface area contributed by atoms with Gasteiger partial charge in [-0.25, -0.2) is 19.9 Å². The molecule has 7 nitrogen and oxygen atoms in total. The number of nitrogens with one attached hydrogen (secondary N) is 3. The Bertz CT molecular complexity index is 1080. The van der Waals surface area contributed by atoms with Crippen LogP contribution >= 0.6 is 11.6 Å². The summed E-state index contributed by atoms with van der Waals surface area (Å²) in [6.45, 7) is 4.14. The maximum Gasteiger partial charge on any atom is 0.137 e. The maximum atomic E-state index is 6.10. The van der Waals surface area contributed by atoms with Crippen molar-refractivity contribution in [1.29, 1.82) is 0 Å². The van der Waals surface area contributed by atoms with E-state index in [1.54, 1.807) is 0 Å². The summed E-state index contributed by atoms with van der Waals surface area (Å²) in [5.41, 5.74) is 2.19. The molecule has 3 N–H and O–H groups in total. The Morgan fingerprint density at radius 1 is 0.528 bits per heavy atom. The molecule has 0 saturated heterocycles. The third kappa shape index (κ3) is 6.21. The van der Waals surface area contributed by atoms with E-state index in [4.69, 9.17) is 21.6 Å². The van der Waals surface area contributed by atoms with E-state index in [9.17, 15) is 0 Å². The molecule has 0 bridgehead atoms. The molecule has 8 heteroatoms. The van der Waals surface area contributed by atoms with Gasteiger partial charge in [-0.2, -0.15) is 0 Å². The van der Waals surface area contributed by atoms with Gasteiger partial charge in [0.25, 0.3) is 0 Å². The van der Waals surface area contributed by atoms with E-state index in [0.717, 1.165) is 34.7 Å². The highest BCUT2D eigenvalue weighted by Gasteiger charge is 2.31. The fourth-order valence-electron chi connectivity index (χ4n) is 4.79. The number of halogens is 1. The number of aromatic nitrogens is 4. The summed E-state index contributed by atoms with van der Waals surface area (Å²) in [5.74, 6) is 6.25. The lowest BCUT2D eigenvalue weighted by Crippen LogP contribution is -2.24. The lowest BCUT2D eigenvalue weighted by atomic mass is 9.95. The largest absolute Gasteiger partial charge is 0.367 e. The summed E-state index contributed by atoms with van der Waals surface area (Å²) in [7, 11) is 0. The van der Waals surface area contributed by atoms with Gasteiger partial charge in [-0.05, 0) is 78.1 Å². The van der Waals surface area contributed by atoms with Crippen LogP contribution in [0.5, 0.6) is 0 Å². The molecule has 5 fully saturated rings. The molecule has 5 saturated carbocycles. The summed E-state index contributed by atoms with van der Waals surface area (Å²) >= 11 is 6.10. The van der Waals surface area contributed by atoms with E-state index < -0.39 is 0 Å². The summed E-state index contributed by atoms with van der Waals surface area (Å²) in [6.07, 6.45) is 16.7. The van der Waals surface area contributed by atoms with Crippen molar-refractivity contribution >= 4 is 29.1 Å². The van der Waals surface area contributed by atoms with E-state index >= 15 is 0 Å². The Labute approximate surface area is 220 Å². The van der Waals surface area contributed by atoms with E-state index in [0.29, 0.717) is 35.1 Å². The van der Waals surface area contributed by atoms with Crippen LogP contribution in [0, 0.1) is 13.8 Å². The van der Waals surface area contributed by atoms with Gasteiger partial charge in [-0.15, -0.1) is 0 Å². The molecular weight excluding hydrogens is 470 g/mol. The van der Waals surface area contributed by atoms with Crippen molar-refractivity contribution in [1.82, 2.24) is 19.9 Å². The minimum Gasteiger partial charge on any atom is -0.367 e. The monoisotopic (exact) mass is 509 g/mol. The molecule has 36 heavy (non-hydrogen) atoms. The van der Waals surface area contributed by atoms with Gasteiger partial charge in [0, 0.05) is 41.1 Å². The van der Waals surface area contributed by atoms with E-state index in [2.05, 4.69) is 32.8 Å². The van der Waals surface area contributed by atoms with Gasteiger partial charge < -0.3 is 16.0 Å². The van der Waals surface area contributed by atoms with Gasteiger partial charge in [-0.3, -0.25) is 0 Å². The first-order chi connectivity index (χ1) is 17.5.